The van der Waals surface area contributed by atoms with E-state index in [-0.39, 0.29) is 12.3 Å². The SMILES string of the molecule is Cc1ccc(-c2cccc(C=C3SC(=S)N(CCCCCC(=O)O)C3=O)n2)cc1N. The number of aliphatic carboxylic acids is 1. The van der Waals surface area contributed by atoms with Crippen molar-refractivity contribution in [3.8, 4) is 11.3 Å². The number of benzene rings is 1. The molecule has 30 heavy (non-hydrogen) atoms. The van der Waals surface area contributed by atoms with Gasteiger partial charge < -0.3 is 10.8 Å². The first-order valence-corrected chi connectivity index (χ1v) is 10.9. The number of aromatic nitrogens is 1. The van der Waals surface area contributed by atoms with E-state index in [1.807, 2.05) is 43.3 Å². The number of carbonyl (C=O) groups is 2. The zero-order valence-corrected chi connectivity index (χ0v) is 18.3. The number of nitrogens with two attached hydrogens (primary N) is 1. The van der Waals surface area contributed by atoms with Crippen LogP contribution in [-0.2, 0) is 9.59 Å². The van der Waals surface area contributed by atoms with E-state index in [0.717, 1.165) is 29.7 Å². The smallest absolute Gasteiger partial charge is 0.303 e. The average Bonchev–Trinajstić information content (AvgIpc) is 2.97. The second-order valence-corrected chi connectivity index (χ2v) is 8.73. The Bertz CT molecular complexity index is 1020. The summed E-state index contributed by atoms with van der Waals surface area (Å²) in [6.07, 6.45) is 3.96. The van der Waals surface area contributed by atoms with Crippen LogP contribution in [0.1, 0.15) is 36.9 Å². The monoisotopic (exact) mass is 441 g/mol. The molecule has 2 aromatic rings. The standard InChI is InChI=1S/C22H23N3O3S2/c1-14-9-10-15(12-17(14)23)18-7-5-6-16(24-18)13-19-21(28)25(22(29)30-19)11-4-2-3-8-20(26)27/h5-7,9-10,12-13H,2-4,8,11,23H2,1H3,(H,26,27). The van der Waals surface area contributed by atoms with E-state index < -0.39 is 5.97 Å². The fraction of sp³-hybridized carbons (Fsp3) is 0.273. The summed E-state index contributed by atoms with van der Waals surface area (Å²) in [5.41, 5.74) is 10.1. The molecule has 0 saturated carbocycles. The molecule has 1 aromatic carbocycles. The Balaban J connectivity index is 1.69. The number of nitrogens with zero attached hydrogens (tertiary/aromatic N) is 2. The number of thiocarbonyl (C=S) groups is 1. The predicted octanol–water partition coefficient (Wildman–Crippen LogP) is 4.49. The van der Waals surface area contributed by atoms with Crippen LogP contribution in [0.25, 0.3) is 17.3 Å². The van der Waals surface area contributed by atoms with Crippen LogP contribution in [0.2, 0.25) is 0 Å². The lowest BCUT2D eigenvalue weighted by Gasteiger charge is -2.13. The van der Waals surface area contributed by atoms with Gasteiger partial charge in [-0.3, -0.25) is 14.5 Å². The number of aryl methyl sites for hydroxylation is 1. The molecule has 0 radical (unpaired) electrons. The number of carbonyl (C=O) groups excluding carboxylic acids is 1. The average molecular weight is 442 g/mol. The largest absolute Gasteiger partial charge is 0.481 e. The third-order valence-corrected chi connectivity index (χ3v) is 6.15. The van der Waals surface area contributed by atoms with E-state index in [2.05, 4.69) is 4.98 Å². The van der Waals surface area contributed by atoms with Crippen LogP contribution in [0.3, 0.4) is 0 Å². The molecule has 0 atom stereocenters. The highest BCUT2D eigenvalue weighted by molar-refractivity contribution is 8.26. The molecule has 0 spiro atoms. The van der Waals surface area contributed by atoms with Gasteiger partial charge in [0, 0.05) is 24.2 Å². The van der Waals surface area contributed by atoms with Crippen LogP contribution in [0.5, 0.6) is 0 Å². The fourth-order valence-corrected chi connectivity index (χ4v) is 4.34. The first-order valence-electron chi connectivity index (χ1n) is 9.66. The lowest BCUT2D eigenvalue weighted by molar-refractivity contribution is -0.137. The Morgan fingerprint density at radius 1 is 1.27 bits per heavy atom. The maximum atomic E-state index is 12.7. The molecular weight excluding hydrogens is 418 g/mol. The molecule has 6 nitrogen and oxygen atoms in total. The molecule has 3 rings (SSSR count). The number of unbranched alkanes of at least 4 members (excludes halogenated alkanes) is 2. The Hall–Kier alpha value is -2.71. The lowest BCUT2D eigenvalue weighted by atomic mass is 10.1. The highest BCUT2D eigenvalue weighted by Gasteiger charge is 2.31. The Morgan fingerprint density at radius 2 is 2.07 bits per heavy atom. The number of carboxylic acid groups (broad SMARTS) is 1. The summed E-state index contributed by atoms with van der Waals surface area (Å²) in [4.78, 5) is 30.1. The second kappa shape index (κ2) is 9.86. The number of amides is 1. The Morgan fingerprint density at radius 3 is 2.80 bits per heavy atom. The first-order chi connectivity index (χ1) is 14.3. The highest BCUT2D eigenvalue weighted by atomic mass is 32.2. The fourth-order valence-electron chi connectivity index (χ4n) is 3.04. The van der Waals surface area contributed by atoms with Crippen molar-refractivity contribution in [3.05, 3.63) is 52.6 Å². The molecular formula is C22H23N3O3S2. The van der Waals surface area contributed by atoms with Crippen LogP contribution in [0.15, 0.2) is 41.3 Å². The van der Waals surface area contributed by atoms with Gasteiger partial charge in [-0.15, -0.1) is 0 Å². The minimum absolute atomic E-state index is 0.130. The molecule has 8 heteroatoms. The van der Waals surface area contributed by atoms with Crippen LogP contribution in [0, 0.1) is 6.92 Å². The zero-order chi connectivity index (χ0) is 21.7. The molecule has 1 aromatic heterocycles. The maximum absolute atomic E-state index is 12.7. The summed E-state index contributed by atoms with van der Waals surface area (Å²) < 4.78 is 0.520. The highest BCUT2D eigenvalue weighted by Crippen LogP contribution is 2.33. The van der Waals surface area contributed by atoms with Gasteiger partial charge in [-0.25, -0.2) is 4.98 Å². The van der Waals surface area contributed by atoms with E-state index >= 15 is 0 Å². The van der Waals surface area contributed by atoms with Gasteiger partial charge in [0.2, 0.25) is 0 Å². The van der Waals surface area contributed by atoms with Crippen LogP contribution in [0.4, 0.5) is 5.69 Å². The Labute approximate surface area is 185 Å². The molecule has 0 bridgehead atoms. The van der Waals surface area contributed by atoms with Gasteiger partial charge in [0.15, 0.2) is 0 Å². The maximum Gasteiger partial charge on any atom is 0.303 e. The summed E-state index contributed by atoms with van der Waals surface area (Å²) >= 11 is 6.62. The topological polar surface area (TPSA) is 96.5 Å². The van der Waals surface area contributed by atoms with Crippen molar-refractivity contribution < 1.29 is 14.7 Å². The van der Waals surface area contributed by atoms with Crippen LogP contribution < -0.4 is 5.73 Å². The Kier molecular flexibility index (Phi) is 7.23. The predicted molar refractivity (Wildman–Crippen MR) is 125 cm³/mol. The minimum atomic E-state index is -0.799. The van der Waals surface area contributed by atoms with Gasteiger partial charge >= 0.3 is 5.97 Å². The van der Waals surface area contributed by atoms with Crippen LogP contribution in [-0.4, -0.2) is 37.7 Å². The number of hydrogen-bond donors (Lipinski definition) is 2. The molecule has 2 heterocycles. The second-order valence-electron chi connectivity index (χ2n) is 7.06. The summed E-state index contributed by atoms with van der Waals surface area (Å²) in [5.74, 6) is -0.929. The number of thioether (sulfide) groups is 1. The molecule has 0 aliphatic carbocycles. The zero-order valence-electron chi connectivity index (χ0n) is 16.6. The molecule has 3 N–H and O–H groups in total. The molecule has 1 amide bonds. The van der Waals surface area contributed by atoms with E-state index in [1.165, 1.54) is 11.8 Å². The van der Waals surface area contributed by atoms with Gasteiger partial charge in [0.05, 0.1) is 16.3 Å². The van der Waals surface area contributed by atoms with E-state index in [9.17, 15) is 9.59 Å². The summed E-state index contributed by atoms with van der Waals surface area (Å²) in [7, 11) is 0. The van der Waals surface area contributed by atoms with Crippen molar-refractivity contribution in [2.24, 2.45) is 0 Å². The molecule has 0 unspecified atom stereocenters. The number of nitrogen functional groups attached to an aromatic ring is 1. The van der Waals surface area contributed by atoms with Crippen molar-refractivity contribution in [2.75, 3.05) is 12.3 Å². The number of pyridine rings is 1. The van der Waals surface area contributed by atoms with Crippen molar-refractivity contribution >= 4 is 51.9 Å². The first kappa shape index (κ1) is 22.0. The number of rotatable bonds is 8. The van der Waals surface area contributed by atoms with Gasteiger partial charge in [-0.2, -0.15) is 0 Å². The van der Waals surface area contributed by atoms with Crippen molar-refractivity contribution in [3.63, 3.8) is 0 Å². The van der Waals surface area contributed by atoms with Gasteiger partial charge in [-0.1, -0.05) is 48.6 Å². The number of anilines is 1. The van der Waals surface area contributed by atoms with E-state index in [1.54, 1.807) is 11.0 Å². The normalized spacial score (nSPS) is 15.2. The van der Waals surface area contributed by atoms with Crippen molar-refractivity contribution in [2.45, 2.75) is 32.6 Å². The van der Waals surface area contributed by atoms with Gasteiger partial charge in [-0.05, 0) is 49.6 Å². The molecule has 1 aliphatic rings. The molecule has 1 fully saturated rings. The summed E-state index contributed by atoms with van der Waals surface area (Å²) in [5, 5.41) is 8.69. The number of hydrogen-bond acceptors (Lipinski definition) is 6. The molecule has 156 valence electrons. The number of carboxylic acids is 1. The summed E-state index contributed by atoms with van der Waals surface area (Å²) in [6.45, 7) is 2.45. The lowest BCUT2D eigenvalue weighted by Crippen LogP contribution is -2.29. The third kappa shape index (κ3) is 5.46. The van der Waals surface area contributed by atoms with Crippen molar-refractivity contribution in [1.29, 1.82) is 0 Å². The van der Waals surface area contributed by atoms with Gasteiger partial charge in [0.25, 0.3) is 5.91 Å². The van der Waals surface area contributed by atoms with Crippen molar-refractivity contribution in [1.82, 2.24) is 9.88 Å². The van der Waals surface area contributed by atoms with E-state index in [4.69, 9.17) is 23.1 Å². The molecule has 1 aliphatic heterocycles. The quantitative estimate of drug-likeness (QED) is 0.270. The third-order valence-electron chi connectivity index (χ3n) is 4.77. The molecule has 1 saturated heterocycles. The van der Waals surface area contributed by atoms with E-state index in [0.29, 0.717) is 33.6 Å². The van der Waals surface area contributed by atoms with Gasteiger partial charge in [0.1, 0.15) is 4.32 Å². The van der Waals surface area contributed by atoms with Crippen LogP contribution >= 0.6 is 24.0 Å². The summed E-state index contributed by atoms with van der Waals surface area (Å²) in [6, 6.07) is 11.5. The minimum Gasteiger partial charge on any atom is -0.481 e.